The zero-order chi connectivity index (χ0) is 17.9. The minimum Gasteiger partial charge on any atom is -0.462 e. The lowest BCUT2D eigenvalue weighted by Gasteiger charge is -2.40. The normalized spacial score (nSPS) is 15.1. The van der Waals surface area contributed by atoms with Crippen LogP contribution in [-0.4, -0.2) is 18.5 Å². The van der Waals surface area contributed by atoms with Crippen molar-refractivity contribution >= 4 is 17.6 Å². The van der Waals surface area contributed by atoms with Crippen LogP contribution in [0.15, 0.2) is 48.5 Å². The topological polar surface area (TPSA) is 55.4 Å². The lowest BCUT2D eigenvalue weighted by Crippen LogP contribution is -2.46. The van der Waals surface area contributed by atoms with Gasteiger partial charge in [0.2, 0.25) is 5.91 Å². The molecule has 1 amide bonds. The highest BCUT2D eigenvalue weighted by atomic mass is 19.1. The molecule has 0 spiro atoms. The van der Waals surface area contributed by atoms with Gasteiger partial charge < -0.3 is 10.1 Å². The molecule has 1 aliphatic rings. The van der Waals surface area contributed by atoms with Gasteiger partial charge in [0.25, 0.3) is 0 Å². The van der Waals surface area contributed by atoms with E-state index in [0.717, 1.165) is 6.42 Å². The van der Waals surface area contributed by atoms with Crippen molar-refractivity contribution in [3.8, 4) is 0 Å². The summed E-state index contributed by atoms with van der Waals surface area (Å²) in [5.74, 6) is -0.968. The molecule has 1 fully saturated rings. The first-order chi connectivity index (χ1) is 12.1. The molecule has 0 unspecified atom stereocenters. The molecule has 1 aliphatic carbocycles. The van der Waals surface area contributed by atoms with Crippen LogP contribution in [0.3, 0.4) is 0 Å². The molecule has 2 aromatic carbocycles. The van der Waals surface area contributed by atoms with Gasteiger partial charge in [-0.2, -0.15) is 0 Å². The number of anilines is 1. The number of rotatable bonds is 5. The van der Waals surface area contributed by atoms with Crippen LogP contribution in [0.25, 0.3) is 0 Å². The van der Waals surface area contributed by atoms with E-state index in [1.165, 1.54) is 6.07 Å². The first kappa shape index (κ1) is 17.1. The summed E-state index contributed by atoms with van der Waals surface area (Å²) in [5, 5.41) is 2.85. The first-order valence-electron chi connectivity index (χ1n) is 8.40. The van der Waals surface area contributed by atoms with Crippen LogP contribution in [0.1, 0.15) is 42.1 Å². The van der Waals surface area contributed by atoms with Gasteiger partial charge in [0, 0.05) is 11.3 Å². The van der Waals surface area contributed by atoms with E-state index >= 15 is 0 Å². The van der Waals surface area contributed by atoms with Crippen molar-refractivity contribution in [2.24, 2.45) is 0 Å². The molecular weight excluding hydrogens is 321 g/mol. The molecule has 4 nitrogen and oxygen atoms in total. The summed E-state index contributed by atoms with van der Waals surface area (Å²) in [6, 6.07) is 12.9. The molecule has 0 radical (unpaired) electrons. The molecule has 0 bridgehead atoms. The van der Waals surface area contributed by atoms with Gasteiger partial charge in [-0.05, 0) is 50.1 Å². The minimum absolute atomic E-state index is 0.215. The smallest absolute Gasteiger partial charge is 0.338 e. The number of ether oxygens (including phenoxy) is 1. The lowest BCUT2D eigenvalue weighted by atomic mass is 9.63. The molecule has 130 valence electrons. The standard InChI is InChI=1S/C20H20FNO3/c1-2-25-18(23)14-8-10-15(11-9-14)22-19(24)20(12-5-13-20)16-6-3-4-7-17(16)21/h3-4,6-11H,2,5,12-13H2,1H3,(H,22,24). The maximum absolute atomic E-state index is 14.2. The largest absolute Gasteiger partial charge is 0.462 e. The van der Waals surface area contributed by atoms with Crippen molar-refractivity contribution in [1.29, 1.82) is 0 Å². The molecule has 1 N–H and O–H groups in total. The van der Waals surface area contributed by atoms with Gasteiger partial charge in [-0.25, -0.2) is 9.18 Å². The second-order valence-electron chi connectivity index (χ2n) is 6.17. The number of hydrogen-bond donors (Lipinski definition) is 1. The van der Waals surface area contributed by atoms with Crippen molar-refractivity contribution in [1.82, 2.24) is 0 Å². The molecule has 2 aromatic rings. The van der Waals surface area contributed by atoms with Gasteiger partial charge in [-0.1, -0.05) is 24.6 Å². The SMILES string of the molecule is CCOC(=O)c1ccc(NC(=O)C2(c3ccccc3F)CCC2)cc1. The van der Waals surface area contributed by atoms with Crippen molar-refractivity contribution in [2.75, 3.05) is 11.9 Å². The van der Waals surface area contributed by atoms with E-state index in [0.29, 0.717) is 36.3 Å². The van der Waals surface area contributed by atoms with Gasteiger partial charge in [-0.3, -0.25) is 4.79 Å². The fourth-order valence-electron chi connectivity index (χ4n) is 3.15. The highest BCUT2D eigenvalue weighted by molar-refractivity contribution is 6.00. The Kier molecular flexibility index (Phi) is 4.83. The minimum atomic E-state index is -0.814. The predicted octanol–water partition coefficient (Wildman–Crippen LogP) is 4.06. The fourth-order valence-corrected chi connectivity index (χ4v) is 3.15. The van der Waals surface area contributed by atoms with E-state index in [1.807, 2.05) is 0 Å². The van der Waals surface area contributed by atoms with E-state index < -0.39 is 11.4 Å². The number of esters is 1. The van der Waals surface area contributed by atoms with Gasteiger partial charge in [-0.15, -0.1) is 0 Å². The fraction of sp³-hybridized carbons (Fsp3) is 0.300. The number of halogens is 1. The quantitative estimate of drug-likeness (QED) is 0.834. The third-order valence-corrected chi connectivity index (χ3v) is 4.69. The summed E-state index contributed by atoms with van der Waals surface area (Å²) in [6.07, 6.45) is 2.14. The summed E-state index contributed by atoms with van der Waals surface area (Å²) in [6.45, 7) is 2.05. The number of carbonyl (C=O) groups excluding carboxylic acids is 2. The Balaban J connectivity index is 1.77. The molecule has 25 heavy (non-hydrogen) atoms. The monoisotopic (exact) mass is 341 g/mol. The Bertz CT molecular complexity index is 782. The van der Waals surface area contributed by atoms with E-state index in [9.17, 15) is 14.0 Å². The number of benzene rings is 2. The first-order valence-corrected chi connectivity index (χ1v) is 8.40. The van der Waals surface area contributed by atoms with Gasteiger partial charge in [0.1, 0.15) is 5.82 Å². The molecular formula is C20H20FNO3. The maximum Gasteiger partial charge on any atom is 0.338 e. The third kappa shape index (κ3) is 3.27. The summed E-state index contributed by atoms with van der Waals surface area (Å²) in [5.41, 5.74) is 0.625. The summed E-state index contributed by atoms with van der Waals surface area (Å²) >= 11 is 0. The van der Waals surface area contributed by atoms with Crippen LogP contribution >= 0.6 is 0 Å². The average molecular weight is 341 g/mol. The highest BCUT2D eigenvalue weighted by Gasteiger charge is 2.47. The van der Waals surface area contributed by atoms with Crippen molar-refractivity contribution < 1.29 is 18.7 Å². The van der Waals surface area contributed by atoms with Crippen molar-refractivity contribution in [2.45, 2.75) is 31.6 Å². The molecule has 0 aromatic heterocycles. The Morgan fingerprint density at radius 3 is 2.36 bits per heavy atom. The van der Waals surface area contributed by atoms with E-state index in [1.54, 1.807) is 49.4 Å². The zero-order valence-corrected chi connectivity index (χ0v) is 14.0. The molecule has 0 heterocycles. The van der Waals surface area contributed by atoms with Gasteiger partial charge >= 0.3 is 5.97 Å². The Morgan fingerprint density at radius 2 is 1.80 bits per heavy atom. The second kappa shape index (κ2) is 7.05. The molecule has 0 aliphatic heterocycles. The highest BCUT2D eigenvalue weighted by Crippen LogP contribution is 2.45. The summed E-state index contributed by atoms with van der Waals surface area (Å²) < 4.78 is 19.1. The molecule has 0 atom stereocenters. The molecule has 5 heteroatoms. The molecule has 0 saturated heterocycles. The number of carbonyl (C=O) groups is 2. The summed E-state index contributed by atoms with van der Waals surface area (Å²) in [7, 11) is 0. The van der Waals surface area contributed by atoms with Crippen LogP contribution in [0.4, 0.5) is 10.1 Å². The molecule has 1 saturated carbocycles. The zero-order valence-electron chi connectivity index (χ0n) is 14.0. The number of nitrogens with one attached hydrogen (secondary N) is 1. The van der Waals surface area contributed by atoms with E-state index in [4.69, 9.17) is 4.74 Å². The van der Waals surface area contributed by atoms with Crippen LogP contribution in [0, 0.1) is 5.82 Å². The van der Waals surface area contributed by atoms with Crippen LogP contribution < -0.4 is 5.32 Å². The van der Waals surface area contributed by atoms with E-state index in [-0.39, 0.29) is 11.7 Å². The average Bonchev–Trinajstić information content (AvgIpc) is 2.56. The second-order valence-corrected chi connectivity index (χ2v) is 6.17. The Labute approximate surface area is 146 Å². The van der Waals surface area contributed by atoms with Crippen LogP contribution in [-0.2, 0) is 14.9 Å². The lowest BCUT2D eigenvalue weighted by molar-refractivity contribution is -0.124. The Morgan fingerprint density at radius 1 is 1.12 bits per heavy atom. The van der Waals surface area contributed by atoms with Crippen LogP contribution in [0.5, 0.6) is 0 Å². The van der Waals surface area contributed by atoms with Gasteiger partial charge in [0.15, 0.2) is 0 Å². The maximum atomic E-state index is 14.2. The third-order valence-electron chi connectivity index (χ3n) is 4.69. The van der Waals surface area contributed by atoms with Crippen LogP contribution in [0.2, 0.25) is 0 Å². The van der Waals surface area contributed by atoms with Crippen molar-refractivity contribution in [3.63, 3.8) is 0 Å². The van der Waals surface area contributed by atoms with Crippen molar-refractivity contribution in [3.05, 3.63) is 65.5 Å². The number of hydrogen-bond acceptors (Lipinski definition) is 3. The molecule has 3 rings (SSSR count). The van der Waals surface area contributed by atoms with Gasteiger partial charge in [0.05, 0.1) is 17.6 Å². The summed E-state index contributed by atoms with van der Waals surface area (Å²) in [4.78, 5) is 24.5. The Hall–Kier alpha value is -2.69. The number of amides is 1. The predicted molar refractivity (Wildman–Crippen MR) is 93.0 cm³/mol. The van der Waals surface area contributed by atoms with E-state index in [2.05, 4.69) is 5.32 Å².